The number of hydrogen-bond acceptors (Lipinski definition) is 4. The second-order valence-corrected chi connectivity index (χ2v) is 8.96. The quantitative estimate of drug-likeness (QED) is 0.837. The summed E-state index contributed by atoms with van der Waals surface area (Å²) in [6.45, 7) is 3.89. The van der Waals surface area contributed by atoms with Gasteiger partial charge < -0.3 is 15.0 Å². The van der Waals surface area contributed by atoms with Gasteiger partial charge in [-0.15, -0.1) is 0 Å². The number of carbonyl (C=O) groups is 1. The van der Waals surface area contributed by atoms with E-state index >= 15 is 0 Å². The normalized spacial score (nSPS) is 20.7. The molecule has 2 amide bonds. The topological polar surface area (TPSA) is 75.7 Å². The van der Waals surface area contributed by atoms with E-state index in [0.29, 0.717) is 5.56 Å². The molecule has 1 aromatic rings. The highest BCUT2D eigenvalue weighted by Gasteiger charge is 2.49. The summed E-state index contributed by atoms with van der Waals surface area (Å²) in [7, 11) is -3.50. The van der Waals surface area contributed by atoms with Crippen LogP contribution in [0.5, 0.6) is 0 Å². The summed E-state index contributed by atoms with van der Waals surface area (Å²) in [5.74, 6) is 0. The van der Waals surface area contributed by atoms with Crippen molar-refractivity contribution in [2.75, 3.05) is 24.7 Å². The number of morpholine rings is 1. The van der Waals surface area contributed by atoms with Crippen LogP contribution in [-0.2, 0) is 14.6 Å². The Balaban J connectivity index is 2.22. The molecule has 1 fully saturated rings. The van der Waals surface area contributed by atoms with Crippen LogP contribution in [0.15, 0.2) is 23.1 Å². The van der Waals surface area contributed by atoms with Gasteiger partial charge in [-0.05, 0) is 38.5 Å². The number of urea groups is 1. The molecule has 1 atom stereocenters. The third-order valence-corrected chi connectivity index (χ3v) is 5.15. The minimum Gasteiger partial charge on any atom is -0.359 e. The van der Waals surface area contributed by atoms with Crippen molar-refractivity contribution < 1.29 is 31.1 Å². The summed E-state index contributed by atoms with van der Waals surface area (Å²) in [4.78, 5) is 13.5. The molecule has 1 aliphatic heterocycles. The van der Waals surface area contributed by atoms with Crippen LogP contribution in [0, 0.1) is 6.92 Å². The number of ether oxygens (including phenoxy) is 1. The molecule has 10 heteroatoms. The summed E-state index contributed by atoms with van der Waals surface area (Å²) in [5, 5.41) is 2.46. The Morgan fingerprint density at radius 2 is 1.96 bits per heavy atom. The zero-order valence-electron chi connectivity index (χ0n) is 14.8. The Hall–Kier alpha value is -1.81. The number of nitrogens with zero attached hydrogens (tertiary/aromatic N) is 1. The Labute approximate surface area is 150 Å². The number of alkyl halides is 3. The number of nitrogens with one attached hydrogen (secondary N) is 1. The van der Waals surface area contributed by atoms with E-state index in [1.54, 1.807) is 6.92 Å². The monoisotopic (exact) mass is 394 g/mol. The van der Waals surface area contributed by atoms with Crippen molar-refractivity contribution in [2.45, 2.75) is 43.5 Å². The molecular weight excluding hydrogens is 373 g/mol. The van der Waals surface area contributed by atoms with E-state index in [1.807, 2.05) is 0 Å². The van der Waals surface area contributed by atoms with Gasteiger partial charge in [-0.25, -0.2) is 13.2 Å². The van der Waals surface area contributed by atoms with E-state index in [0.717, 1.165) is 11.2 Å². The van der Waals surface area contributed by atoms with Gasteiger partial charge in [0.25, 0.3) is 0 Å². The zero-order valence-corrected chi connectivity index (χ0v) is 15.7. The first-order valence-corrected chi connectivity index (χ1v) is 9.69. The predicted octanol–water partition coefficient (Wildman–Crippen LogP) is 2.97. The summed E-state index contributed by atoms with van der Waals surface area (Å²) < 4.78 is 67.6. The van der Waals surface area contributed by atoms with Gasteiger partial charge >= 0.3 is 12.2 Å². The molecule has 2 rings (SSSR count). The first-order chi connectivity index (χ1) is 11.7. The van der Waals surface area contributed by atoms with Crippen molar-refractivity contribution in [3.05, 3.63) is 23.8 Å². The molecule has 1 aromatic carbocycles. The van der Waals surface area contributed by atoms with Crippen molar-refractivity contribution >= 4 is 21.6 Å². The number of sulfone groups is 1. The van der Waals surface area contributed by atoms with Gasteiger partial charge in [0, 0.05) is 11.9 Å². The lowest BCUT2D eigenvalue weighted by Crippen LogP contribution is -2.59. The third kappa shape index (κ3) is 4.88. The standard InChI is InChI=1S/C16H21F3N2O4S/c1-10-5-6-11(7-12(10)26(4,23)24)20-14(22)21-8-13(16(17,18)19)25-15(2,3)9-21/h5-7,13H,8-9H2,1-4H3,(H,20,22). The third-order valence-electron chi connectivity index (χ3n) is 3.91. The van der Waals surface area contributed by atoms with E-state index in [2.05, 4.69) is 5.32 Å². The van der Waals surface area contributed by atoms with E-state index in [1.165, 1.54) is 32.0 Å². The maximum absolute atomic E-state index is 13.0. The van der Waals surface area contributed by atoms with Crippen molar-refractivity contribution in [3.63, 3.8) is 0 Å². The largest absolute Gasteiger partial charge is 0.416 e. The lowest BCUT2D eigenvalue weighted by molar-refractivity contribution is -0.267. The molecule has 1 N–H and O–H groups in total. The van der Waals surface area contributed by atoms with Crippen LogP contribution in [0.25, 0.3) is 0 Å². The van der Waals surface area contributed by atoms with Gasteiger partial charge in [0.2, 0.25) is 0 Å². The highest BCUT2D eigenvalue weighted by molar-refractivity contribution is 7.90. The molecule has 1 heterocycles. The molecule has 26 heavy (non-hydrogen) atoms. The van der Waals surface area contributed by atoms with Crippen LogP contribution in [-0.4, -0.2) is 56.6 Å². The molecule has 0 saturated carbocycles. The SMILES string of the molecule is Cc1ccc(NC(=O)N2CC(C(F)(F)F)OC(C)(C)C2)cc1S(C)(=O)=O. The fraction of sp³-hybridized carbons (Fsp3) is 0.562. The van der Waals surface area contributed by atoms with Crippen LogP contribution in [0.1, 0.15) is 19.4 Å². The number of benzene rings is 1. The second-order valence-electron chi connectivity index (χ2n) is 6.97. The first-order valence-electron chi connectivity index (χ1n) is 7.80. The molecule has 0 aromatic heterocycles. The van der Waals surface area contributed by atoms with Gasteiger partial charge in [0.15, 0.2) is 15.9 Å². The molecule has 146 valence electrons. The molecule has 1 aliphatic rings. The summed E-state index contributed by atoms with van der Waals surface area (Å²) in [5.41, 5.74) is -0.468. The zero-order chi connectivity index (χ0) is 19.9. The molecule has 0 spiro atoms. The van der Waals surface area contributed by atoms with Crippen LogP contribution >= 0.6 is 0 Å². The molecule has 1 unspecified atom stereocenters. The van der Waals surface area contributed by atoms with Gasteiger partial charge in [-0.3, -0.25) is 0 Å². The maximum Gasteiger partial charge on any atom is 0.416 e. The van der Waals surface area contributed by atoms with Crippen molar-refractivity contribution in [2.24, 2.45) is 0 Å². The summed E-state index contributed by atoms with van der Waals surface area (Å²) >= 11 is 0. The van der Waals surface area contributed by atoms with Crippen molar-refractivity contribution in [1.82, 2.24) is 4.90 Å². The average molecular weight is 394 g/mol. The number of aryl methyl sites for hydroxylation is 1. The van der Waals surface area contributed by atoms with Crippen LogP contribution < -0.4 is 5.32 Å². The Morgan fingerprint density at radius 3 is 2.50 bits per heavy atom. The number of halogens is 3. The summed E-state index contributed by atoms with van der Waals surface area (Å²) in [6.07, 6.45) is -5.63. The number of hydrogen-bond donors (Lipinski definition) is 1. The van der Waals surface area contributed by atoms with Crippen molar-refractivity contribution in [1.29, 1.82) is 0 Å². The van der Waals surface area contributed by atoms with Gasteiger partial charge in [-0.1, -0.05) is 6.07 Å². The first kappa shape index (κ1) is 20.5. The maximum atomic E-state index is 13.0. The highest BCUT2D eigenvalue weighted by Crippen LogP contribution is 2.32. The lowest BCUT2D eigenvalue weighted by Gasteiger charge is -2.43. The van der Waals surface area contributed by atoms with Crippen LogP contribution in [0.4, 0.5) is 23.7 Å². The molecular formula is C16H21F3N2O4S. The number of rotatable bonds is 2. The molecule has 6 nitrogen and oxygen atoms in total. The number of carbonyl (C=O) groups excluding carboxylic acids is 1. The van der Waals surface area contributed by atoms with E-state index in [-0.39, 0.29) is 17.1 Å². The van der Waals surface area contributed by atoms with Gasteiger partial charge in [0.1, 0.15) is 0 Å². The fourth-order valence-electron chi connectivity index (χ4n) is 2.79. The predicted molar refractivity (Wildman–Crippen MR) is 89.9 cm³/mol. The van der Waals surface area contributed by atoms with Crippen molar-refractivity contribution in [3.8, 4) is 0 Å². The minimum absolute atomic E-state index is 0.0315. The second kappa shape index (κ2) is 6.73. The van der Waals surface area contributed by atoms with Crippen LogP contribution in [0.2, 0.25) is 0 Å². The molecule has 0 radical (unpaired) electrons. The van der Waals surface area contributed by atoms with Crippen LogP contribution in [0.3, 0.4) is 0 Å². The van der Waals surface area contributed by atoms with E-state index in [9.17, 15) is 26.4 Å². The average Bonchev–Trinajstić information content (AvgIpc) is 2.45. The van der Waals surface area contributed by atoms with E-state index in [4.69, 9.17) is 4.74 Å². The summed E-state index contributed by atoms with van der Waals surface area (Å²) in [6, 6.07) is 3.55. The smallest absolute Gasteiger partial charge is 0.359 e. The number of anilines is 1. The molecule has 0 bridgehead atoms. The van der Waals surface area contributed by atoms with Gasteiger partial charge in [-0.2, -0.15) is 13.2 Å². The van der Waals surface area contributed by atoms with E-state index < -0.39 is 40.3 Å². The molecule has 0 aliphatic carbocycles. The Morgan fingerprint density at radius 1 is 1.35 bits per heavy atom. The minimum atomic E-state index is -4.59. The fourth-order valence-corrected chi connectivity index (χ4v) is 3.78. The molecule has 1 saturated heterocycles. The van der Waals surface area contributed by atoms with Gasteiger partial charge in [0.05, 0.1) is 23.6 Å². The highest BCUT2D eigenvalue weighted by atomic mass is 32.2. The Kier molecular flexibility index (Phi) is 5.31. The number of amides is 2. The lowest BCUT2D eigenvalue weighted by atomic mass is 10.1. The Bertz CT molecular complexity index is 806.